The average Bonchev–Trinajstić information content (AvgIpc) is 2.53. The molecular formula is C10H17N3O2S. The van der Waals surface area contributed by atoms with E-state index in [4.69, 9.17) is 5.73 Å². The van der Waals surface area contributed by atoms with Crippen LogP contribution >= 0.6 is 0 Å². The van der Waals surface area contributed by atoms with Crippen LogP contribution in [0.1, 0.15) is 36.8 Å². The summed E-state index contributed by atoms with van der Waals surface area (Å²) in [6.07, 6.45) is 0.518. The van der Waals surface area contributed by atoms with Crippen LogP contribution in [0.4, 0.5) is 0 Å². The lowest BCUT2D eigenvalue weighted by Crippen LogP contribution is -2.19. The molecule has 1 aromatic rings. The van der Waals surface area contributed by atoms with Gasteiger partial charge in [0.25, 0.3) is 0 Å². The smallest absolute Gasteiger partial charge is 0.154 e. The first-order valence-electron chi connectivity index (χ1n) is 5.44. The van der Waals surface area contributed by atoms with E-state index >= 15 is 0 Å². The molecule has 0 saturated carbocycles. The first-order chi connectivity index (χ1) is 7.44. The standard InChI is InChI=1S/C10H17N3O2S/c1-7(2)13-10(5-11)8-6-16(14,15)4-3-9(8)12-13/h7H,3-6,11H2,1-2H3. The number of hydrogen-bond acceptors (Lipinski definition) is 4. The van der Waals surface area contributed by atoms with Crippen molar-refractivity contribution in [3.63, 3.8) is 0 Å². The van der Waals surface area contributed by atoms with Crippen LogP contribution in [0.25, 0.3) is 0 Å². The quantitative estimate of drug-likeness (QED) is 0.815. The molecule has 0 radical (unpaired) electrons. The second-order valence-corrected chi connectivity index (χ2v) is 6.64. The van der Waals surface area contributed by atoms with Crippen molar-refractivity contribution in [1.82, 2.24) is 9.78 Å². The highest BCUT2D eigenvalue weighted by Gasteiger charge is 2.28. The van der Waals surface area contributed by atoms with Crippen molar-refractivity contribution in [1.29, 1.82) is 0 Å². The minimum Gasteiger partial charge on any atom is -0.325 e. The largest absolute Gasteiger partial charge is 0.325 e. The number of aromatic nitrogens is 2. The Balaban J connectivity index is 2.54. The number of nitrogens with two attached hydrogens (primary N) is 1. The minimum atomic E-state index is -2.95. The van der Waals surface area contributed by atoms with Gasteiger partial charge in [-0.1, -0.05) is 0 Å². The number of sulfone groups is 1. The molecule has 90 valence electrons. The molecule has 6 heteroatoms. The normalized spacial score (nSPS) is 18.8. The Morgan fingerprint density at radius 3 is 2.75 bits per heavy atom. The summed E-state index contributed by atoms with van der Waals surface area (Å²) in [7, 11) is -2.95. The van der Waals surface area contributed by atoms with Gasteiger partial charge in [0, 0.05) is 24.6 Å². The van der Waals surface area contributed by atoms with Crippen molar-refractivity contribution in [2.75, 3.05) is 5.75 Å². The molecule has 0 amide bonds. The van der Waals surface area contributed by atoms with Gasteiger partial charge in [-0.3, -0.25) is 4.68 Å². The second kappa shape index (κ2) is 3.85. The van der Waals surface area contributed by atoms with E-state index in [2.05, 4.69) is 5.10 Å². The molecule has 0 spiro atoms. The summed E-state index contributed by atoms with van der Waals surface area (Å²) in [6.45, 7) is 4.38. The number of fused-ring (bicyclic) bond motifs is 1. The highest BCUT2D eigenvalue weighted by Crippen LogP contribution is 2.25. The van der Waals surface area contributed by atoms with Gasteiger partial charge in [-0.2, -0.15) is 5.10 Å². The zero-order valence-electron chi connectivity index (χ0n) is 9.60. The van der Waals surface area contributed by atoms with Gasteiger partial charge in [0.15, 0.2) is 9.84 Å². The van der Waals surface area contributed by atoms with E-state index in [1.54, 1.807) is 0 Å². The van der Waals surface area contributed by atoms with Gasteiger partial charge in [0.1, 0.15) is 0 Å². The van der Waals surface area contributed by atoms with E-state index in [1.165, 1.54) is 0 Å². The number of nitrogens with zero attached hydrogens (tertiary/aromatic N) is 2. The molecular weight excluding hydrogens is 226 g/mol. The minimum absolute atomic E-state index is 0.0988. The van der Waals surface area contributed by atoms with Gasteiger partial charge in [-0.15, -0.1) is 0 Å². The maximum atomic E-state index is 11.6. The van der Waals surface area contributed by atoms with Crippen molar-refractivity contribution in [2.45, 2.75) is 38.6 Å². The van der Waals surface area contributed by atoms with Gasteiger partial charge in [-0.05, 0) is 13.8 Å². The van der Waals surface area contributed by atoms with Crippen LogP contribution in [-0.4, -0.2) is 24.0 Å². The van der Waals surface area contributed by atoms with Gasteiger partial charge in [0.2, 0.25) is 0 Å². The van der Waals surface area contributed by atoms with Crippen molar-refractivity contribution in [2.24, 2.45) is 5.73 Å². The van der Waals surface area contributed by atoms with Crippen molar-refractivity contribution in [3.05, 3.63) is 17.0 Å². The van der Waals surface area contributed by atoms with E-state index in [0.29, 0.717) is 13.0 Å². The lowest BCUT2D eigenvalue weighted by Gasteiger charge is -2.12. The molecule has 1 aliphatic heterocycles. The van der Waals surface area contributed by atoms with Crippen LogP contribution in [0.3, 0.4) is 0 Å². The molecule has 0 fully saturated rings. The monoisotopic (exact) mass is 243 g/mol. The first kappa shape index (κ1) is 11.6. The lowest BCUT2D eigenvalue weighted by molar-refractivity contribution is 0.505. The summed E-state index contributed by atoms with van der Waals surface area (Å²) in [5.41, 5.74) is 8.30. The second-order valence-electron chi connectivity index (χ2n) is 4.46. The van der Waals surface area contributed by atoms with E-state index in [-0.39, 0.29) is 17.5 Å². The summed E-state index contributed by atoms with van der Waals surface area (Å²) in [5.74, 6) is 0.306. The molecule has 2 N–H and O–H groups in total. The molecule has 1 aromatic heterocycles. The predicted octanol–water partition coefficient (Wildman–Crippen LogP) is 0.394. The Hall–Kier alpha value is -0.880. The van der Waals surface area contributed by atoms with E-state index in [0.717, 1.165) is 17.0 Å². The summed E-state index contributed by atoms with van der Waals surface area (Å²) in [4.78, 5) is 0. The number of hydrogen-bond donors (Lipinski definition) is 1. The molecule has 2 heterocycles. The highest BCUT2D eigenvalue weighted by atomic mass is 32.2. The van der Waals surface area contributed by atoms with E-state index in [1.807, 2.05) is 18.5 Å². The molecule has 0 aliphatic carbocycles. The maximum absolute atomic E-state index is 11.6. The van der Waals surface area contributed by atoms with Crippen LogP contribution in [0.5, 0.6) is 0 Å². The van der Waals surface area contributed by atoms with Crippen molar-refractivity contribution < 1.29 is 8.42 Å². The molecule has 0 unspecified atom stereocenters. The fraction of sp³-hybridized carbons (Fsp3) is 0.700. The van der Waals surface area contributed by atoms with Crippen molar-refractivity contribution in [3.8, 4) is 0 Å². The van der Waals surface area contributed by atoms with Gasteiger partial charge < -0.3 is 5.73 Å². The van der Waals surface area contributed by atoms with Crippen LogP contribution < -0.4 is 5.73 Å². The molecule has 16 heavy (non-hydrogen) atoms. The third-order valence-electron chi connectivity index (χ3n) is 2.90. The molecule has 1 aliphatic rings. The Bertz CT molecular complexity index is 502. The maximum Gasteiger partial charge on any atom is 0.154 e. The SMILES string of the molecule is CC(C)n1nc2c(c1CN)CS(=O)(=O)CC2. The fourth-order valence-electron chi connectivity index (χ4n) is 2.11. The van der Waals surface area contributed by atoms with Crippen LogP contribution in [0, 0.1) is 0 Å². The average molecular weight is 243 g/mol. The first-order valence-corrected chi connectivity index (χ1v) is 7.26. The van der Waals surface area contributed by atoms with Crippen molar-refractivity contribution >= 4 is 9.84 Å². The van der Waals surface area contributed by atoms with Crippen LogP contribution in [0.15, 0.2) is 0 Å². The fourth-order valence-corrected chi connectivity index (χ4v) is 3.53. The lowest BCUT2D eigenvalue weighted by atomic mass is 10.1. The Morgan fingerprint density at radius 2 is 2.19 bits per heavy atom. The predicted molar refractivity (Wildman–Crippen MR) is 61.7 cm³/mol. The topological polar surface area (TPSA) is 78.0 Å². The van der Waals surface area contributed by atoms with Crippen LogP contribution in [-0.2, 0) is 28.6 Å². The summed E-state index contributed by atoms with van der Waals surface area (Å²) < 4.78 is 25.0. The molecule has 2 rings (SSSR count). The Morgan fingerprint density at radius 1 is 1.50 bits per heavy atom. The highest BCUT2D eigenvalue weighted by molar-refractivity contribution is 7.90. The Labute approximate surface area is 95.6 Å². The van der Waals surface area contributed by atoms with Crippen LogP contribution in [0.2, 0.25) is 0 Å². The van der Waals surface area contributed by atoms with Gasteiger partial charge in [-0.25, -0.2) is 8.42 Å². The molecule has 5 nitrogen and oxygen atoms in total. The third-order valence-corrected chi connectivity index (χ3v) is 4.45. The molecule has 0 aromatic carbocycles. The van der Waals surface area contributed by atoms with Gasteiger partial charge >= 0.3 is 0 Å². The number of rotatable bonds is 2. The molecule has 0 atom stereocenters. The third kappa shape index (κ3) is 1.87. The zero-order chi connectivity index (χ0) is 11.9. The summed E-state index contributed by atoms with van der Waals surface area (Å²) in [5, 5.41) is 4.46. The number of aryl methyl sites for hydroxylation is 1. The summed E-state index contributed by atoms with van der Waals surface area (Å²) in [6, 6.07) is 0.215. The summed E-state index contributed by atoms with van der Waals surface area (Å²) >= 11 is 0. The Kier molecular flexibility index (Phi) is 2.79. The van der Waals surface area contributed by atoms with E-state index in [9.17, 15) is 8.42 Å². The zero-order valence-corrected chi connectivity index (χ0v) is 10.4. The van der Waals surface area contributed by atoms with E-state index < -0.39 is 9.84 Å². The molecule has 0 saturated heterocycles. The molecule has 0 bridgehead atoms. The van der Waals surface area contributed by atoms with Gasteiger partial charge in [0.05, 0.1) is 22.9 Å².